The molecule has 1 amide bonds. The highest BCUT2D eigenvalue weighted by molar-refractivity contribution is 5.77. The van der Waals surface area contributed by atoms with Crippen LogP contribution in [0.2, 0.25) is 0 Å². The maximum absolute atomic E-state index is 14.6. The van der Waals surface area contributed by atoms with Crippen LogP contribution in [0, 0.1) is 35.1 Å². The minimum absolute atomic E-state index is 0.0977. The van der Waals surface area contributed by atoms with Crippen LogP contribution in [0.4, 0.5) is 29.2 Å². The molecule has 10 rings (SSSR count). The number of halogens is 4. The maximum Gasteiger partial charge on any atom is 0.306 e. The smallest absolute Gasteiger partial charge is 0.306 e. The number of primary amides is 1. The molecule has 0 aliphatic carbocycles. The molecule has 0 atom stereocenters. The van der Waals surface area contributed by atoms with Gasteiger partial charge in [0, 0.05) is 55.4 Å². The van der Waals surface area contributed by atoms with Gasteiger partial charge in [-0.1, -0.05) is 46.7 Å². The molecule has 3 N–H and O–H groups in total. The Morgan fingerprint density at radius 3 is 1.41 bits per heavy atom. The van der Waals surface area contributed by atoms with Gasteiger partial charge in [-0.05, 0) is 49.9 Å². The van der Waals surface area contributed by atoms with Crippen LogP contribution in [-0.4, -0.2) is 93.0 Å². The highest BCUT2D eigenvalue weighted by Crippen LogP contribution is 2.31. The van der Waals surface area contributed by atoms with Crippen molar-refractivity contribution in [2.24, 2.45) is 17.6 Å². The van der Waals surface area contributed by atoms with E-state index in [0.29, 0.717) is 97.2 Å². The van der Waals surface area contributed by atoms with Gasteiger partial charge in [-0.25, -0.2) is 37.5 Å². The van der Waals surface area contributed by atoms with E-state index in [1.54, 1.807) is 79.8 Å². The molecule has 8 heterocycles. The Morgan fingerprint density at radius 2 is 1.03 bits per heavy atom. The molecule has 18 nitrogen and oxygen atoms in total. The Bertz CT molecular complexity index is 2830. The molecule has 0 bridgehead atoms. The van der Waals surface area contributed by atoms with E-state index < -0.39 is 23.5 Å². The lowest BCUT2D eigenvalue weighted by molar-refractivity contribution is -0.142. The van der Waals surface area contributed by atoms with Crippen molar-refractivity contribution in [3.63, 3.8) is 0 Å². The van der Waals surface area contributed by atoms with Crippen LogP contribution in [0.3, 0.4) is 0 Å². The third kappa shape index (κ3) is 9.78. The number of nitrogens with two attached hydrogens (primary N) is 1. The standard InChI is InChI=1S/C23H21F2N7O2.C23H20F2N6O3/c24-16-4-2-1-3-15(16)13-32-20(18-7-10-34-30-18)11-19(29-32)22-27-12-17(25)23(28-22)31-8-5-14(6-9-31)21(26)33;24-16-4-2-1-3-15(16)13-31-20(18-7-10-34-29-18)11-19(28-31)21-26-12-17(25)22(27-21)30-8-5-14(6-9-30)23(32)33/h1-4,7,10-12,14H,5-6,8-9,13H2,(H2,26,33);1-4,7,10-12,14H,5-6,8-9,13H2,(H,32,33). The monoisotopic (exact) mass is 931 g/mol. The Labute approximate surface area is 384 Å². The van der Waals surface area contributed by atoms with Gasteiger partial charge in [0.25, 0.3) is 0 Å². The molecule has 2 aliphatic rings. The fraction of sp³-hybridized carbons (Fsp3) is 0.261. The molecular formula is C46H41F4N13O5. The summed E-state index contributed by atoms with van der Waals surface area (Å²) in [5, 5.41) is 26.2. The fourth-order valence-electron chi connectivity index (χ4n) is 8.09. The quantitative estimate of drug-likeness (QED) is 0.122. The van der Waals surface area contributed by atoms with Crippen LogP contribution in [0.15, 0.2) is 107 Å². The van der Waals surface area contributed by atoms with Crippen molar-refractivity contribution in [2.75, 3.05) is 36.0 Å². The molecule has 2 saturated heterocycles. The number of benzene rings is 2. The second-order valence-electron chi connectivity index (χ2n) is 16.1. The molecule has 0 saturated carbocycles. The second kappa shape index (κ2) is 19.7. The molecule has 22 heteroatoms. The summed E-state index contributed by atoms with van der Waals surface area (Å²) in [6.45, 7) is 1.92. The third-order valence-electron chi connectivity index (χ3n) is 11.8. The lowest BCUT2D eigenvalue weighted by atomic mass is 9.96. The van der Waals surface area contributed by atoms with Gasteiger partial charge in [0.05, 0.1) is 42.8 Å². The number of aliphatic carboxylic acids is 1. The number of anilines is 2. The Balaban J connectivity index is 0.000000170. The van der Waals surface area contributed by atoms with Crippen molar-refractivity contribution in [1.82, 2.24) is 49.8 Å². The zero-order valence-corrected chi connectivity index (χ0v) is 36.0. The van der Waals surface area contributed by atoms with E-state index in [1.807, 2.05) is 0 Å². The van der Waals surface area contributed by atoms with Gasteiger partial charge < -0.3 is 29.7 Å². The molecule has 68 heavy (non-hydrogen) atoms. The third-order valence-corrected chi connectivity index (χ3v) is 11.8. The first-order chi connectivity index (χ1) is 33.0. The molecule has 348 valence electrons. The van der Waals surface area contributed by atoms with Crippen LogP contribution < -0.4 is 15.5 Å². The zero-order chi connectivity index (χ0) is 47.3. The van der Waals surface area contributed by atoms with Crippen LogP contribution in [0.25, 0.3) is 45.8 Å². The SMILES string of the molecule is NC(=O)C1CCN(c2nc(-c3cc(-c4ccon4)n(Cc4ccccc4F)n3)ncc2F)CC1.O=C(O)C1CCN(c2nc(-c3cc(-c4ccon4)n(Cc4ccccc4F)n3)ncc2F)CC1. The number of piperidine rings is 2. The fourth-order valence-corrected chi connectivity index (χ4v) is 8.09. The maximum atomic E-state index is 14.6. The number of nitrogens with zero attached hydrogens (tertiary/aromatic N) is 12. The number of carboxylic acid groups (broad SMARTS) is 1. The van der Waals surface area contributed by atoms with Crippen molar-refractivity contribution in [3.8, 4) is 45.8 Å². The predicted molar refractivity (Wildman–Crippen MR) is 235 cm³/mol. The average molecular weight is 932 g/mol. The van der Waals surface area contributed by atoms with E-state index in [9.17, 15) is 32.3 Å². The normalized spacial score (nSPS) is 14.5. The van der Waals surface area contributed by atoms with Crippen molar-refractivity contribution in [2.45, 2.75) is 38.8 Å². The Morgan fingerprint density at radius 1 is 0.603 bits per heavy atom. The molecule has 0 unspecified atom stereocenters. The summed E-state index contributed by atoms with van der Waals surface area (Å²) < 4.78 is 70.8. The first kappa shape index (κ1) is 44.9. The summed E-state index contributed by atoms with van der Waals surface area (Å²) in [5.41, 5.74) is 9.14. The zero-order valence-electron chi connectivity index (χ0n) is 36.0. The summed E-state index contributed by atoms with van der Waals surface area (Å²) in [4.78, 5) is 43.2. The summed E-state index contributed by atoms with van der Waals surface area (Å²) in [7, 11) is 0. The molecule has 8 aromatic rings. The van der Waals surface area contributed by atoms with Crippen molar-refractivity contribution in [1.29, 1.82) is 0 Å². The van der Waals surface area contributed by atoms with Gasteiger partial charge >= 0.3 is 5.97 Å². The van der Waals surface area contributed by atoms with Crippen LogP contribution >= 0.6 is 0 Å². The highest BCUT2D eigenvalue weighted by Gasteiger charge is 2.29. The Kier molecular flexibility index (Phi) is 13.0. The van der Waals surface area contributed by atoms with Gasteiger partial charge in [-0.2, -0.15) is 10.2 Å². The van der Waals surface area contributed by atoms with Gasteiger partial charge in [0.2, 0.25) is 5.91 Å². The van der Waals surface area contributed by atoms with Crippen LogP contribution in [0.1, 0.15) is 36.8 Å². The molecular weight excluding hydrogens is 891 g/mol. The summed E-state index contributed by atoms with van der Waals surface area (Å²) in [6.07, 6.45) is 6.89. The number of aromatic nitrogens is 10. The average Bonchev–Trinajstić information content (AvgIpc) is 4.20. The topological polar surface area (TPSA) is 226 Å². The number of hydrogen-bond donors (Lipinski definition) is 2. The number of amides is 1. The van der Waals surface area contributed by atoms with Crippen LogP contribution in [0.5, 0.6) is 0 Å². The minimum atomic E-state index is -0.843. The summed E-state index contributed by atoms with van der Waals surface area (Å²) >= 11 is 0. The van der Waals surface area contributed by atoms with E-state index in [-0.39, 0.29) is 59.8 Å². The second-order valence-corrected chi connectivity index (χ2v) is 16.1. The number of carboxylic acids is 1. The number of carbonyl (C=O) groups excluding carboxylic acids is 1. The van der Waals surface area contributed by atoms with Gasteiger partial charge in [0.1, 0.15) is 46.9 Å². The van der Waals surface area contributed by atoms with Crippen molar-refractivity contribution < 1.29 is 41.3 Å². The minimum Gasteiger partial charge on any atom is -0.481 e. The molecule has 2 aromatic carbocycles. The number of carbonyl (C=O) groups is 2. The van der Waals surface area contributed by atoms with Gasteiger partial charge in [0.15, 0.2) is 34.9 Å². The van der Waals surface area contributed by atoms with E-state index in [0.717, 1.165) is 12.4 Å². The highest BCUT2D eigenvalue weighted by atomic mass is 19.1. The van der Waals surface area contributed by atoms with Gasteiger partial charge in [-0.15, -0.1) is 0 Å². The molecule has 6 aromatic heterocycles. The van der Waals surface area contributed by atoms with E-state index in [2.05, 4.69) is 40.4 Å². The van der Waals surface area contributed by atoms with E-state index in [4.69, 9.17) is 14.8 Å². The van der Waals surface area contributed by atoms with Crippen molar-refractivity contribution >= 4 is 23.5 Å². The van der Waals surface area contributed by atoms with Crippen molar-refractivity contribution in [3.05, 3.63) is 132 Å². The summed E-state index contributed by atoms with van der Waals surface area (Å²) in [5.74, 6) is -3.10. The van der Waals surface area contributed by atoms with Crippen LogP contribution in [-0.2, 0) is 22.7 Å². The first-order valence-corrected chi connectivity index (χ1v) is 21.5. The van der Waals surface area contributed by atoms with E-state index >= 15 is 0 Å². The predicted octanol–water partition coefficient (Wildman–Crippen LogP) is 6.65. The lowest BCUT2D eigenvalue weighted by Crippen LogP contribution is -2.39. The molecule has 2 fully saturated rings. The number of rotatable bonds is 12. The Hall–Kier alpha value is -8.30. The molecule has 0 spiro atoms. The summed E-state index contributed by atoms with van der Waals surface area (Å²) in [6, 6.07) is 19.5. The largest absolute Gasteiger partial charge is 0.481 e. The number of hydrogen-bond acceptors (Lipinski definition) is 14. The van der Waals surface area contributed by atoms with Gasteiger partial charge in [-0.3, -0.25) is 19.0 Å². The van der Waals surface area contributed by atoms with E-state index in [1.165, 1.54) is 24.7 Å². The lowest BCUT2D eigenvalue weighted by Gasteiger charge is -2.31. The first-order valence-electron chi connectivity index (χ1n) is 21.5. The molecule has 2 aliphatic heterocycles. The molecule has 0 radical (unpaired) electrons.